The summed E-state index contributed by atoms with van der Waals surface area (Å²) in [5.74, 6) is -0.773. The molecule has 84 valence electrons. The van der Waals surface area contributed by atoms with E-state index < -0.39 is 5.97 Å². The summed E-state index contributed by atoms with van der Waals surface area (Å²) in [5, 5.41) is 15.8. The van der Waals surface area contributed by atoms with Gasteiger partial charge in [-0.05, 0) is 19.4 Å². The molecule has 2 N–H and O–H groups in total. The van der Waals surface area contributed by atoms with E-state index in [1.165, 1.54) is 0 Å². The van der Waals surface area contributed by atoms with E-state index in [4.69, 9.17) is 5.11 Å². The van der Waals surface area contributed by atoms with E-state index in [2.05, 4.69) is 10.4 Å². The largest absolute Gasteiger partial charge is 0.481 e. The highest BCUT2D eigenvalue weighted by Crippen LogP contribution is 1.94. The van der Waals surface area contributed by atoms with Gasteiger partial charge in [0.2, 0.25) is 0 Å². The van der Waals surface area contributed by atoms with Crippen LogP contribution in [0.2, 0.25) is 0 Å². The van der Waals surface area contributed by atoms with Crippen LogP contribution >= 0.6 is 0 Å². The average molecular weight is 211 g/mol. The normalized spacial score (nSPS) is 12.7. The number of carbonyl (C=O) groups is 1. The lowest BCUT2D eigenvalue weighted by Crippen LogP contribution is -2.31. The van der Waals surface area contributed by atoms with Gasteiger partial charge in [0.15, 0.2) is 0 Å². The third kappa shape index (κ3) is 4.60. The molecule has 1 unspecified atom stereocenters. The number of hydrogen-bond acceptors (Lipinski definition) is 3. The summed E-state index contributed by atoms with van der Waals surface area (Å²) in [5.41, 5.74) is 1.13. The summed E-state index contributed by atoms with van der Waals surface area (Å²) in [6, 6.07) is -0.000779. The maximum atomic E-state index is 10.4. The fourth-order valence-corrected chi connectivity index (χ4v) is 1.35. The molecule has 0 saturated carbocycles. The van der Waals surface area contributed by atoms with Crippen molar-refractivity contribution in [2.75, 3.05) is 6.54 Å². The minimum atomic E-state index is -0.773. The molecule has 0 aliphatic carbocycles. The van der Waals surface area contributed by atoms with Crippen LogP contribution in [0.4, 0.5) is 0 Å². The maximum absolute atomic E-state index is 10.4. The number of aryl methyl sites for hydroxylation is 1. The molecule has 15 heavy (non-hydrogen) atoms. The number of nitrogens with one attached hydrogen (secondary N) is 1. The lowest BCUT2D eigenvalue weighted by molar-refractivity contribution is -0.137. The highest BCUT2D eigenvalue weighted by molar-refractivity contribution is 5.67. The van der Waals surface area contributed by atoms with Crippen LogP contribution in [0, 0.1) is 6.92 Å². The van der Waals surface area contributed by atoms with Crippen molar-refractivity contribution in [1.29, 1.82) is 0 Å². The van der Waals surface area contributed by atoms with Crippen LogP contribution in [-0.2, 0) is 11.3 Å². The summed E-state index contributed by atoms with van der Waals surface area (Å²) in [4.78, 5) is 10.4. The molecule has 0 saturated heterocycles. The second-order valence-electron chi connectivity index (χ2n) is 3.73. The van der Waals surface area contributed by atoms with E-state index in [1.807, 2.05) is 24.7 Å². The molecule has 1 aromatic rings. The Morgan fingerprint density at radius 3 is 3.00 bits per heavy atom. The lowest BCUT2D eigenvalue weighted by Gasteiger charge is -2.10. The van der Waals surface area contributed by atoms with Gasteiger partial charge in [-0.3, -0.25) is 9.48 Å². The van der Waals surface area contributed by atoms with Crippen molar-refractivity contribution in [2.45, 2.75) is 32.9 Å². The third-order valence-corrected chi connectivity index (χ3v) is 2.08. The highest BCUT2D eigenvalue weighted by atomic mass is 16.4. The van der Waals surface area contributed by atoms with Crippen molar-refractivity contribution in [2.24, 2.45) is 0 Å². The Morgan fingerprint density at radius 1 is 1.73 bits per heavy atom. The van der Waals surface area contributed by atoms with Gasteiger partial charge in [0.1, 0.15) is 0 Å². The standard InChI is InChI=1S/C10H17N3O2/c1-8-6-12-13(7-8)4-3-11-9(2)5-10(14)15/h6-7,9,11H,3-5H2,1-2H3,(H,14,15). The molecular formula is C10H17N3O2. The molecule has 1 aromatic heterocycles. The van der Waals surface area contributed by atoms with Crippen LogP contribution < -0.4 is 5.32 Å². The predicted molar refractivity (Wildman–Crippen MR) is 56.7 cm³/mol. The minimum absolute atomic E-state index is 0.000779. The summed E-state index contributed by atoms with van der Waals surface area (Å²) < 4.78 is 1.84. The molecule has 0 bridgehead atoms. The zero-order valence-electron chi connectivity index (χ0n) is 9.10. The first-order chi connectivity index (χ1) is 7.08. The molecule has 5 heteroatoms. The second-order valence-corrected chi connectivity index (χ2v) is 3.73. The zero-order chi connectivity index (χ0) is 11.3. The number of hydrogen-bond donors (Lipinski definition) is 2. The van der Waals surface area contributed by atoms with E-state index in [0.29, 0.717) is 0 Å². The number of rotatable bonds is 6. The molecule has 1 rings (SSSR count). The SMILES string of the molecule is Cc1cnn(CCNC(C)CC(=O)O)c1. The van der Waals surface area contributed by atoms with Gasteiger partial charge in [0.25, 0.3) is 0 Å². The van der Waals surface area contributed by atoms with Crippen molar-refractivity contribution in [3.63, 3.8) is 0 Å². The van der Waals surface area contributed by atoms with Crippen LogP contribution in [0.3, 0.4) is 0 Å². The van der Waals surface area contributed by atoms with Crippen LogP contribution in [0.15, 0.2) is 12.4 Å². The number of aliphatic carboxylic acids is 1. The Kier molecular flexibility index (Phi) is 4.30. The first-order valence-electron chi connectivity index (χ1n) is 5.02. The van der Waals surface area contributed by atoms with Gasteiger partial charge >= 0.3 is 5.97 Å². The Balaban J connectivity index is 2.18. The molecule has 0 aliphatic heterocycles. The quantitative estimate of drug-likeness (QED) is 0.724. The van der Waals surface area contributed by atoms with Gasteiger partial charge in [-0.25, -0.2) is 0 Å². The van der Waals surface area contributed by atoms with Gasteiger partial charge in [-0.1, -0.05) is 0 Å². The van der Waals surface area contributed by atoms with Crippen LogP contribution in [0.25, 0.3) is 0 Å². The molecule has 0 radical (unpaired) electrons. The fourth-order valence-electron chi connectivity index (χ4n) is 1.35. The number of carboxylic acids is 1. The molecule has 0 amide bonds. The third-order valence-electron chi connectivity index (χ3n) is 2.08. The van der Waals surface area contributed by atoms with E-state index in [-0.39, 0.29) is 12.5 Å². The molecule has 0 fully saturated rings. The summed E-state index contributed by atoms with van der Waals surface area (Å²) in [6.07, 6.45) is 3.92. The smallest absolute Gasteiger partial charge is 0.304 e. The van der Waals surface area contributed by atoms with E-state index in [9.17, 15) is 4.79 Å². The van der Waals surface area contributed by atoms with Gasteiger partial charge in [0.05, 0.1) is 19.2 Å². The average Bonchev–Trinajstić information content (AvgIpc) is 2.50. The maximum Gasteiger partial charge on any atom is 0.304 e. The zero-order valence-corrected chi connectivity index (χ0v) is 9.10. The Hall–Kier alpha value is -1.36. The van der Waals surface area contributed by atoms with Crippen molar-refractivity contribution in [1.82, 2.24) is 15.1 Å². The summed E-state index contributed by atoms with van der Waals surface area (Å²) >= 11 is 0. The first-order valence-corrected chi connectivity index (χ1v) is 5.02. The number of nitrogens with zero attached hydrogens (tertiary/aromatic N) is 2. The van der Waals surface area contributed by atoms with Crippen molar-refractivity contribution < 1.29 is 9.90 Å². The Morgan fingerprint density at radius 2 is 2.47 bits per heavy atom. The first kappa shape index (κ1) is 11.7. The molecule has 0 aliphatic rings. The van der Waals surface area contributed by atoms with Crippen LogP contribution in [0.5, 0.6) is 0 Å². The number of carboxylic acid groups (broad SMARTS) is 1. The molecule has 0 aromatic carbocycles. The monoisotopic (exact) mass is 211 g/mol. The van der Waals surface area contributed by atoms with Gasteiger partial charge < -0.3 is 10.4 Å². The topological polar surface area (TPSA) is 67.2 Å². The second kappa shape index (κ2) is 5.50. The highest BCUT2D eigenvalue weighted by Gasteiger charge is 2.05. The summed E-state index contributed by atoms with van der Waals surface area (Å²) in [7, 11) is 0. The molecule has 1 atom stereocenters. The van der Waals surface area contributed by atoms with Crippen molar-refractivity contribution in [3.05, 3.63) is 18.0 Å². The van der Waals surface area contributed by atoms with Crippen LogP contribution in [0.1, 0.15) is 18.9 Å². The predicted octanol–water partition coefficient (Wildman–Crippen LogP) is 0.644. The summed E-state index contributed by atoms with van der Waals surface area (Å²) in [6.45, 7) is 5.35. The molecular weight excluding hydrogens is 194 g/mol. The molecule has 0 spiro atoms. The van der Waals surface area contributed by atoms with E-state index in [0.717, 1.165) is 18.7 Å². The van der Waals surface area contributed by atoms with Gasteiger partial charge in [-0.15, -0.1) is 0 Å². The fraction of sp³-hybridized carbons (Fsp3) is 0.600. The lowest BCUT2D eigenvalue weighted by atomic mass is 10.2. The number of aromatic nitrogens is 2. The van der Waals surface area contributed by atoms with E-state index in [1.54, 1.807) is 6.20 Å². The van der Waals surface area contributed by atoms with Gasteiger partial charge in [-0.2, -0.15) is 5.10 Å². The van der Waals surface area contributed by atoms with E-state index >= 15 is 0 Å². The molecule has 1 heterocycles. The minimum Gasteiger partial charge on any atom is -0.481 e. The van der Waals surface area contributed by atoms with Crippen molar-refractivity contribution >= 4 is 5.97 Å². The van der Waals surface area contributed by atoms with Crippen molar-refractivity contribution in [3.8, 4) is 0 Å². The Labute approximate surface area is 89.1 Å². The molecule has 5 nitrogen and oxygen atoms in total. The Bertz CT molecular complexity index is 322. The van der Waals surface area contributed by atoms with Crippen LogP contribution in [-0.4, -0.2) is 33.4 Å². The van der Waals surface area contributed by atoms with Gasteiger partial charge in [0, 0.05) is 18.8 Å².